The highest BCUT2D eigenvalue weighted by atomic mass is 32.1. The molecule has 0 saturated carbocycles. The van der Waals surface area contributed by atoms with Gasteiger partial charge in [0.1, 0.15) is 17.4 Å². The van der Waals surface area contributed by atoms with Crippen LogP contribution < -0.4 is 4.74 Å². The van der Waals surface area contributed by atoms with Crippen molar-refractivity contribution >= 4 is 11.3 Å². The van der Waals surface area contributed by atoms with Gasteiger partial charge >= 0.3 is 0 Å². The van der Waals surface area contributed by atoms with Gasteiger partial charge in [0, 0.05) is 17.1 Å². The summed E-state index contributed by atoms with van der Waals surface area (Å²) < 4.78 is 7.55. The summed E-state index contributed by atoms with van der Waals surface area (Å²) in [6.45, 7) is 6.49. The average molecular weight is 315 g/mol. The van der Waals surface area contributed by atoms with Crippen LogP contribution in [-0.4, -0.2) is 25.2 Å². The van der Waals surface area contributed by atoms with Gasteiger partial charge < -0.3 is 4.74 Å². The van der Waals surface area contributed by atoms with Gasteiger partial charge in [-0.1, -0.05) is 0 Å². The van der Waals surface area contributed by atoms with Gasteiger partial charge in [-0.2, -0.15) is 0 Å². The van der Waals surface area contributed by atoms with Crippen LogP contribution >= 0.6 is 11.3 Å². The number of aromatic nitrogens is 5. The minimum atomic E-state index is -0.170. The molecule has 7 heteroatoms. The lowest BCUT2D eigenvalue weighted by Crippen LogP contribution is -2.26. The third-order valence-corrected chi connectivity index (χ3v) is 3.89. The zero-order valence-corrected chi connectivity index (χ0v) is 13.5. The van der Waals surface area contributed by atoms with Crippen LogP contribution in [0, 0.1) is 0 Å². The van der Waals surface area contributed by atoms with Gasteiger partial charge in [0.05, 0.1) is 5.54 Å². The lowest BCUT2D eigenvalue weighted by molar-refractivity contribution is 0.259. The molecule has 0 aliphatic rings. The maximum Gasteiger partial charge on any atom is 0.189 e. The molecule has 0 amide bonds. The third kappa shape index (κ3) is 3.14. The van der Waals surface area contributed by atoms with Gasteiger partial charge in [-0.05, 0) is 55.5 Å². The van der Waals surface area contributed by atoms with Crippen molar-refractivity contribution in [1.82, 2.24) is 25.2 Å². The van der Waals surface area contributed by atoms with Gasteiger partial charge in [0.25, 0.3) is 0 Å². The molecule has 2 aromatic heterocycles. The molecule has 6 nitrogen and oxygen atoms in total. The van der Waals surface area contributed by atoms with Crippen LogP contribution in [0.15, 0.2) is 35.8 Å². The third-order valence-electron chi connectivity index (χ3n) is 3.07. The van der Waals surface area contributed by atoms with E-state index in [1.807, 2.05) is 29.6 Å². The second-order valence-electron chi connectivity index (χ2n) is 5.83. The Kier molecular flexibility index (Phi) is 3.89. The fourth-order valence-corrected chi connectivity index (χ4v) is 2.67. The molecule has 114 valence electrons. The minimum absolute atomic E-state index is 0.170. The molecule has 0 fully saturated rings. The van der Waals surface area contributed by atoms with Crippen LogP contribution in [-0.2, 0) is 12.1 Å². The molecule has 0 aliphatic heterocycles. The van der Waals surface area contributed by atoms with Crippen molar-refractivity contribution in [1.29, 1.82) is 0 Å². The van der Waals surface area contributed by atoms with Crippen LogP contribution in [0.3, 0.4) is 0 Å². The summed E-state index contributed by atoms with van der Waals surface area (Å²) in [5.74, 6) is 1.49. The average Bonchev–Trinajstić information content (AvgIpc) is 3.16. The number of thiazole rings is 1. The van der Waals surface area contributed by atoms with Crippen molar-refractivity contribution in [2.45, 2.75) is 32.9 Å². The van der Waals surface area contributed by atoms with E-state index < -0.39 is 0 Å². The first-order valence-electron chi connectivity index (χ1n) is 6.94. The van der Waals surface area contributed by atoms with Crippen LogP contribution in [0.25, 0.3) is 10.6 Å². The number of tetrazole rings is 1. The normalized spacial score (nSPS) is 11.6. The van der Waals surface area contributed by atoms with Crippen molar-refractivity contribution in [2.75, 3.05) is 0 Å². The first-order valence-corrected chi connectivity index (χ1v) is 7.82. The molecule has 3 aromatic rings. The largest absolute Gasteiger partial charge is 0.486 e. The quantitative estimate of drug-likeness (QED) is 0.740. The van der Waals surface area contributed by atoms with Gasteiger partial charge in [0.15, 0.2) is 5.82 Å². The molecule has 0 unspecified atom stereocenters. The standard InChI is InChI=1S/C15H17N5OS/c1-15(2,3)20-13(17-18-19-20)10-21-12-6-4-11(5-7-12)14-16-8-9-22-14/h4-9H,10H2,1-3H3. The number of benzene rings is 1. The summed E-state index contributed by atoms with van der Waals surface area (Å²) in [5, 5.41) is 14.7. The summed E-state index contributed by atoms with van der Waals surface area (Å²) >= 11 is 1.62. The van der Waals surface area contributed by atoms with Crippen molar-refractivity contribution in [3.8, 4) is 16.3 Å². The molecule has 0 bridgehead atoms. The molecular weight excluding hydrogens is 298 g/mol. The summed E-state index contributed by atoms with van der Waals surface area (Å²) in [4.78, 5) is 4.29. The smallest absolute Gasteiger partial charge is 0.189 e. The first kappa shape index (κ1) is 14.6. The molecule has 0 radical (unpaired) electrons. The number of rotatable bonds is 4. The maximum atomic E-state index is 5.78. The van der Waals surface area contributed by atoms with Crippen molar-refractivity contribution < 1.29 is 4.74 Å². The topological polar surface area (TPSA) is 65.7 Å². The zero-order valence-electron chi connectivity index (χ0n) is 12.7. The van der Waals surface area contributed by atoms with E-state index in [-0.39, 0.29) is 5.54 Å². The molecule has 0 N–H and O–H groups in total. The predicted octanol–water partition coefficient (Wildman–Crippen LogP) is 3.13. The lowest BCUT2D eigenvalue weighted by Gasteiger charge is -2.19. The maximum absolute atomic E-state index is 5.78. The van der Waals surface area contributed by atoms with Crippen LogP contribution in [0.1, 0.15) is 26.6 Å². The van der Waals surface area contributed by atoms with Crippen molar-refractivity contribution in [3.63, 3.8) is 0 Å². The Hall–Kier alpha value is -2.28. The Balaban J connectivity index is 1.69. The molecule has 22 heavy (non-hydrogen) atoms. The van der Waals surface area contributed by atoms with E-state index in [0.29, 0.717) is 12.4 Å². The minimum Gasteiger partial charge on any atom is -0.486 e. The Labute approximate surface area is 132 Å². The predicted molar refractivity (Wildman–Crippen MR) is 84.7 cm³/mol. The van der Waals surface area contributed by atoms with Crippen LogP contribution in [0.2, 0.25) is 0 Å². The number of ether oxygens (including phenoxy) is 1. The van der Waals surface area contributed by atoms with E-state index in [9.17, 15) is 0 Å². The molecule has 1 aromatic carbocycles. The SMILES string of the molecule is CC(C)(C)n1nnnc1COc1ccc(-c2nccs2)cc1. The molecule has 0 atom stereocenters. The van der Waals surface area contributed by atoms with Crippen molar-refractivity contribution in [2.24, 2.45) is 0 Å². The molecule has 2 heterocycles. The zero-order chi connectivity index (χ0) is 15.6. The molecule has 0 saturated heterocycles. The van der Waals surface area contributed by atoms with Gasteiger partial charge in [-0.3, -0.25) is 0 Å². The Morgan fingerprint density at radius 1 is 1.18 bits per heavy atom. The monoisotopic (exact) mass is 315 g/mol. The highest BCUT2D eigenvalue weighted by molar-refractivity contribution is 7.13. The van der Waals surface area contributed by atoms with E-state index >= 15 is 0 Å². The van der Waals surface area contributed by atoms with Gasteiger partial charge in [0.2, 0.25) is 0 Å². The number of nitrogens with zero attached hydrogens (tertiary/aromatic N) is 5. The van der Waals surface area contributed by atoms with Crippen LogP contribution in [0.5, 0.6) is 5.75 Å². The van der Waals surface area contributed by atoms with Gasteiger partial charge in [-0.15, -0.1) is 16.4 Å². The van der Waals surface area contributed by atoms with E-state index in [2.05, 4.69) is 41.3 Å². The van der Waals surface area contributed by atoms with Crippen LogP contribution in [0.4, 0.5) is 0 Å². The summed E-state index contributed by atoms with van der Waals surface area (Å²) in [6.07, 6.45) is 1.80. The van der Waals surface area contributed by atoms with E-state index in [1.165, 1.54) is 0 Å². The van der Waals surface area contributed by atoms with E-state index in [4.69, 9.17) is 4.74 Å². The lowest BCUT2D eigenvalue weighted by atomic mass is 10.1. The summed E-state index contributed by atoms with van der Waals surface area (Å²) in [6, 6.07) is 7.87. The Morgan fingerprint density at radius 3 is 2.59 bits per heavy atom. The van der Waals surface area contributed by atoms with Gasteiger partial charge in [-0.25, -0.2) is 9.67 Å². The second-order valence-corrected chi connectivity index (χ2v) is 6.72. The molecular formula is C15H17N5OS. The van der Waals surface area contributed by atoms with Crippen molar-refractivity contribution in [3.05, 3.63) is 41.7 Å². The Bertz CT molecular complexity index is 728. The number of hydrogen-bond donors (Lipinski definition) is 0. The summed E-state index contributed by atoms with van der Waals surface area (Å²) in [5.41, 5.74) is 0.915. The fourth-order valence-electron chi connectivity index (χ4n) is 2.02. The second kappa shape index (κ2) is 5.84. The number of hydrogen-bond acceptors (Lipinski definition) is 6. The molecule has 0 aliphatic carbocycles. The molecule has 3 rings (SSSR count). The highest BCUT2D eigenvalue weighted by Gasteiger charge is 2.19. The van der Waals surface area contributed by atoms with E-state index in [0.717, 1.165) is 16.3 Å². The summed E-state index contributed by atoms with van der Waals surface area (Å²) in [7, 11) is 0. The highest BCUT2D eigenvalue weighted by Crippen LogP contribution is 2.24. The Morgan fingerprint density at radius 2 is 1.95 bits per heavy atom. The molecule has 0 spiro atoms. The fraction of sp³-hybridized carbons (Fsp3) is 0.333. The first-order chi connectivity index (χ1) is 10.5. The van der Waals surface area contributed by atoms with E-state index in [1.54, 1.807) is 22.2 Å².